The molecule has 0 aliphatic carbocycles. The van der Waals surface area contributed by atoms with E-state index in [1.165, 1.54) is 0 Å². The number of imidazole rings is 1. The Morgan fingerprint density at radius 2 is 1.85 bits per heavy atom. The third-order valence-corrected chi connectivity index (χ3v) is 6.06. The minimum atomic E-state index is -0.716. The number of aromatic nitrogens is 2. The van der Waals surface area contributed by atoms with E-state index in [1.54, 1.807) is 30.7 Å². The van der Waals surface area contributed by atoms with Crippen LogP contribution in [0.2, 0.25) is 0 Å². The van der Waals surface area contributed by atoms with Gasteiger partial charge in [0.05, 0.1) is 17.9 Å². The van der Waals surface area contributed by atoms with Gasteiger partial charge in [0.1, 0.15) is 19.3 Å². The number of hydrogen-bond acceptors (Lipinski definition) is 5. The lowest BCUT2D eigenvalue weighted by atomic mass is 9.96. The Kier molecular flexibility index (Phi) is 7.47. The van der Waals surface area contributed by atoms with E-state index in [9.17, 15) is 9.59 Å². The summed E-state index contributed by atoms with van der Waals surface area (Å²) < 4.78 is 13.2. The highest BCUT2D eigenvalue weighted by Gasteiger charge is 2.30. The predicted molar refractivity (Wildman–Crippen MR) is 128 cm³/mol. The molecule has 0 saturated carbocycles. The van der Waals surface area contributed by atoms with Crippen LogP contribution in [0.3, 0.4) is 0 Å². The first-order chi connectivity index (χ1) is 16.6. The fourth-order valence-corrected chi connectivity index (χ4v) is 3.96. The van der Waals surface area contributed by atoms with Crippen LogP contribution in [0, 0.1) is 5.92 Å². The lowest BCUT2D eigenvalue weighted by Gasteiger charge is -2.28. The molecule has 8 nitrogen and oxygen atoms in total. The van der Waals surface area contributed by atoms with Gasteiger partial charge in [-0.15, -0.1) is 0 Å². The van der Waals surface area contributed by atoms with Crippen LogP contribution in [0.1, 0.15) is 42.2 Å². The van der Waals surface area contributed by atoms with E-state index in [2.05, 4.69) is 15.6 Å². The van der Waals surface area contributed by atoms with Crippen molar-refractivity contribution in [1.29, 1.82) is 0 Å². The molecule has 3 aromatic rings. The fourth-order valence-electron chi connectivity index (χ4n) is 3.96. The average Bonchev–Trinajstić information content (AvgIpc) is 3.39. The molecular weight excluding hydrogens is 432 g/mol. The first kappa shape index (κ1) is 23.4. The number of fused-ring (bicyclic) bond motifs is 1. The van der Waals surface area contributed by atoms with Crippen LogP contribution in [-0.2, 0) is 11.3 Å². The topological polar surface area (TPSA) is 94.5 Å². The molecule has 2 heterocycles. The number of nitrogens with zero attached hydrogens (tertiary/aromatic N) is 2. The zero-order valence-electron chi connectivity index (χ0n) is 19.4. The van der Waals surface area contributed by atoms with E-state index in [1.807, 2.05) is 54.9 Å². The second-order valence-corrected chi connectivity index (χ2v) is 8.40. The van der Waals surface area contributed by atoms with E-state index in [-0.39, 0.29) is 23.8 Å². The second kappa shape index (κ2) is 10.9. The number of carbonyl (C=O) groups is 2. The Balaban J connectivity index is 1.54. The minimum Gasteiger partial charge on any atom is -0.486 e. The highest BCUT2D eigenvalue weighted by atomic mass is 16.6. The van der Waals surface area contributed by atoms with E-state index < -0.39 is 6.04 Å². The normalized spacial score (nSPS) is 15.1. The van der Waals surface area contributed by atoms with Crippen LogP contribution < -0.4 is 20.1 Å². The van der Waals surface area contributed by atoms with Crippen LogP contribution >= 0.6 is 0 Å². The van der Waals surface area contributed by atoms with E-state index in [0.29, 0.717) is 36.8 Å². The van der Waals surface area contributed by atoms with Crippen LogP contribution in [0.5, 0.6) is 11.5 Å². The molecule has 0 saturated heterocycles. The van der Waals surface area contributed by atoms with E-state index in [0.717, 1.165) is 12.0 Å². The first-order valence-corrected chi connectivity index (χ1v) is 11.6. The molecule has 1 aliphatic heterocycles. The Morgan fingerprint density at radius 1 is 1.06 bits per heavy atom. The number of hydrogen-bond donors (Lipinski definition) is 2. The number of amides is 2. The summed E-state index contributed by atoms with van der Waals surface area (Å²) >= 11 is 0. The molecule has 4 rings (SSSR count). The van der Waals surface area contributed by atoms with Crippen molar-refractivity contribution in [2.24, 2.45) is 5.92 Å². The van der Waals surface area contributed by atoms with E-state index in [4.69, 9.17) is 9.47 Å². The van der Waals surface area contributed by atoms with Crippen molar-refractivity contribution in [1.82, 2.24) is 20.2 Å². The fraction of sp³-hybridized carbons (Fsp3) is 0.346. The summed E-state index contributed by atoms with van der Waals surface area (Å²) in [5, 5.41) is 6.09. The first-order valence-electron chi connectivity index (χ1n) is 11.6. The molecule has 34 heavy (non-hydrogen) atoms. The highest BCUT2D eigenvalue weighted by molar-refractivity contribution is 6.00. The van der Waals surface area contributed by atoms with Gasteiger partial charge in [-0.3, -0.25) is 9.59 Å². The largest absolute Gasteiger partial charge is 0.486 e. The van der Waals surface area contributed by atoms with Crippen LogP contribution in [0.25, 0.3) is 0 Å². The summed E-state index contributed by atoms with van der Waals surface area (Å²) in [4.78, 5) is 30.8. The molecule has 2 amide bonds. The van der Waals surface area contributed by atoms with Gasteiger partial charge in [-0.25, -0.2) is 4.98 Å². The molecule has 178 valence electrons. The van der Waals surface area contributed by atoms with Gasteiger partial charge in [-0.2, -0.15) is 0 Å². The lowest BCUT2D eigenvalue weighted by Crippen LogP contribution is -2.51. The smallest absolute Gasteiger partial charge is 0.255 e. The van der Waals surface area contributed by atoms with Crippen molar-refractivity contribution in [3.63, 3.8) is 0 Å². The zero-order chi connectivity index (χ0) is 23.9. The van der Waals surface area contributed by atoms with Crippen molar-refractivity contribution in [3.05, 3.63) is 78.4 Å². The lowest BCUT2D eigenvalue weighted by molar-refractivity contribution is -0.125. The SMILES string of the molecule is CCC(C)[C@H](NC(=O)c1cccc2c1OCCO2)C(=O)N[C@@H](Cn1ccnc1)c1ccccc1. The van der Waals surface area contributed by atoms with Crippen molar-refractivity contribution in [2.75, 3.05) is 13.2 Å². The summed E-state index contributed by atoms with van der Waals surface area (Å²) in [6.07, 6.45) is 6.01. The molecule has 0 fully saturated rings. The van der Waals surface area contributed by atoms with Gasteiger partial charge in [-0.05, 0) is 23.6 Å². The van der Waals surface area contributed by atoms with Gasteiger partial charge >= 0.3 is 0 Å². The molecular formula is C26H30N4O4. The Bertz CT molecular complexity index is 1100. The number of para-hydroxylation sites is 1. The molecule has 0 spiro atoms. The molecule has 1 unspecified atom stereocenters. The molecule has 8 heteroatoms. The second-order valence-electron chi connectivity index (χ2n) is 8.40. The zero-order valence-corrected chi connectivity index (χ0v) is 19.4. The Morgan fingerprint density at radius 3 is 2.59 bits per heavy atom. The van der Waals surface area contributed by atoms with Gasteiger partial charge < -0.3 is 24.7 Å². The number of carbonyl (C=O) groups excluding carboxylic acids is 2. The van der Waals surface area contributed by atoms with Gasteiger partial charge in [0.2, 0.25) is 5.91 Å². The monoisotopic (exact) mass is 462 g/mol. The standard InChI is InChI=1S/C26H30N4O4/c1-3-18(2)23(29-25(31)20-10-7-11-22-24(20)34-15-14-33-22)26(32)28-21(16-30-13-12-27-17-30)19-8-5-4-6-9-19/h4-13,17-18,21,23H,3,14-16H2,1-2H3,(H,28,32)(H,29,31)/t18?,21-,23-/m0/s1. The molecule has 1 aromatic heterocycles. The molecule has 2 N–H and O–H groups in total. The van der Waals surface area contributed by atoms with Crippen molar-refractivity contribution in [2.45, 2.75) is 38.9 Å². The maximum absolute atomic E-state index is 13.5. The number of benzene rings is 2. The predicted octanol–water partition coefficient (Wildman–Crippen LogP) is 3.36. The molecule has 0 radical (unpaired) electrons. The summed E-state index contributed by atoms with van der Waals surface area (Å²) in [5.74, 6) is 0.266. The average molecular weight is 463 g/mol. The van der Waals surface area contributed by atoms with Crippen LogP contribution in [-0.4, -0.2) is 40.6 Å². The quantitative estimate of drug-likeness (QED) is 0.509. The maximum Gasteiger partial charge on any atom is 0.255 e. The summed E-state index contributed by atoms with van der Waals surface area (Å²) in [7, 11) is 0. The third-order valence-electron chi connectivity index (χ3n) is 6.06. The van der Waals surface area contributed by atoms with Crippen LogP contribution in [0.4, 0.5) is 0 Å². The number of nitrogens with one attached hydrogen (secondary N) is 2. The van der Waals surface area contributed by atoms with Crippen LogP contribution in [0.15, 0.2) is 67.3 Å². The van der Waals surface area contributed by atoms with Gasteiger partial charge in [-0.1, -0.05) is 56.7 Å². The van der Waals surface area contributed by atoms with Gasteiger partial charge in [0, 0.05) is 18.9 Å². The summed E-state index contributed by atoms with van der Waals surface area (Å²) in [6.45, 7) is 5.29. The van der Waals surface area contributed by atoms with Gasteiger partial charge in [0.15, 0.2) is 11.5 Å². The molecule has 2 aromatic carbocycles. The van der Waals surface area contributed by atoms with Crippen molar-refractivity contribution in [3.8, 4) is 11.5 Å². The summed E-state index contributed by atoms with van der Waals surface area (Å²) in [6, 6.07) is 14.0. The maximum atomic E-state index is 13.5. The third kappa shape index (κ3) is 5.39. The number of ether oxygens (including phenoxy) is 2. The Hall–Kier alpha value is -3.81. The number of rotatable bonds is 9. The van der Waals surface area contributed by atoms with Crippen molar-refractivity contribution < 1.29 is 19.1 Å². The molecule has 1 aliphatic rings. The van der Waals surface area contributed by atoms with Crippen molar-refractivity contribution >= 4 is 11.8 Å². The molecule has 0 bridgehead atoms. The summed E-state index contributed by atoms with van der Waals surface area (Å²) in [5.41, 5.74) is 1.33. The van der Waals surface area contributed by atoms with Gasteiger partial charge in [0.25, 0.3) is 5.91 Å². The highest BCUT2D eigenvalue weighted by Crippen LogP contribution is 2.33. The Labute approximate surface area is 199 Å². The minimum absolute atomic E-state index is 0.0784. The van der Waals surface area contributed by atoms with E-state index >= 15 is 0 Å². The molecule has 3 atom stereocenters.